The van der Waals surface area contributed by atoms with Crippen molar-refractivity contribution in [3.8, 4) is 11.3 Å². The molecule has 0 spiro atoms. The van der Waals surface area contributed by atoms with Crippen LogP contribution in [0.15, 0.2) is 55.0 Å². The van der Waals surface area contributed by atoms with E-state index in [9.17, 15) is 4.79 Å². The van der Waals surface area contributed by atoms with Gasteiger partial charge in [-0.25, -0.2) is 9.97 Å². The zero-order valence-electron chi connectivity index (χ0n) is 19.5. The number of carbonyl (C=O) groups is 1. The number of nitrogens with zero attached hydrogens (tertiary/aromatic N) is 9. The smallest absolute Gasteiger partial charge is 0.228 e. The lowest BCUT2D eigenvalue weighted by Crippen LogP contribution is -2.27. The van der Waals surface area contributed by atoms with Crippen LogP contribution < -0.4 is 10.2 Å². The van der Waals surface area contributed by atoms with Crippen LogP contribution in [0.25, 0.3) is 16.9 Å². The van der Waals surface area contributed by atoms with Crippen LogP contribution in [0.1, 0.15) is 23.9 Å². The first-order chi connectivity index (χ1) is 17.5. The number of anilines is 3. The van der Waals surface area contributed by atoms with E-state index in [0.717, 1.165) is 22.9 Å². The molecule has 1 amide bonds. The molecule has 12 heteroatoms. The van der Waals surface area contributed by atoms with Gasteiger partial charge >= 0.3 is 0 Å². The van der Waals surface area contributed by atoms with Crippen molar-refractivity contribution >= 4 is 40.7 Å². The van der Waals surface area contributed by atoms with E-state index in [2.05, 4.69) is 35.6 Å². The zero-order chi connectivity index (χ0) is 24.8. The minimum absolute atomic E-state index is 0.0147. The molecule has 6 heterocycles. The molecule has 6 rings (SSSR count). The molecule has 1 aliphatic heterocycles. The molecule has 0 unspecified atom stereocenters. The van der Waals surface area contributed by atoms with Gasteiger partial charge in [-0.2, -0.15) is 5.10 Å². The van der Waals surface area contributed by atoms with Gasteiger partial charge in [-0.05, 0) is 30.3 Å². The SMILES string of the molecule is CN1C(=O)C[C@H](Cc2ccc(Cl)cn2)c2nnc3cc(-c4ccnc(Nc5ccnn5C)n4)cc1n23. The molecule has 180 valence electrons. The molecule has 0 aromatic carbocycles. The highest BCUT2D eigenvalue weighted by atomic mass is 35.5. The normalized spacial score (nSPS) is 15.4. The number of pyridine rings is 2. The third kappa shape index (κ3) is 3.93. The second kappa shape index (κ2) is 8.68. The Morgan fingerprint density at radius 3 is 2.75 bits per heavy atom. The molecular weight excluding hydrogens is 480 g/mol. The predicted molar refractivity (Wildman–Crippen MR) is 134 cm³/mol. The monoisotopic (exact) mass is 500 g/mol. The summed E-state index contributed by atoms with van der Waals surface area (Å²) in [4.78, 5) is 28.2. The third-order valence-electron chi connectivity index (χ3n) is 6.27. The molecule has 1 N–H and O–H groups in total. The summed E-state index contributed by atoms with van der Waals surface area (Å²) in [6.07, 6.45) is 5.83. The number of rotatable bonds is 5. The molecule has 1 atom stereocenters. The molecule has 5 aromatic heterocycles. The second-order valence-corrected chi connectivity index (χ2v) is 9.05. The van der Waals surface area contributed by atoms with Crippen LogP contribution in [0.3, 0.4) is 0 Å². The first-order valence-electron chi connectivity index (χ1n) is 11.3. The summed E-state index contributed by atoms with van der Waals surface area (Å²) in [5.74, 6) is 2.41. The van der Waals surface area contributed by atoms with Crippen molar-refractivity contribution in [1.29, 1.82) is 0 Å². The van der Waals surface area contributed by atoms with Gasteiger partial charge in [0, 0.05) is 62.6 Å². The molecule has 0 saturated heterocycles. The fourth-order valence-corrected chi connectivity index (χ4v) is 4.49. The van der Waals surface area contributed by atoms with E-state index in [-0.39, 0.29) is 18.2 Å². The van der Waals surface area contributed by atoms with E-state index < -0.39 is 0 Å². The highest BCUT2D eigenvalue weighted by molar-refractivity contribution is 6.30. The first kappa shape index (κ1) is 22.1. The minimum atomic E-state index is -0.176. The lowest BCUT2D eigenvalue weighted by Gasteiger charge is -2.17. The van der Waals surface area contributed by atoms with Gasteiger partial charge in [0.25, 0.3) is 0 Å². The average Bonchev–Trinajstić information content (AvgIpc) is 3.47. The Hall–Kier alpha value is -4.38. The summed E-state index contributed by atoms with van der Waals surface area (Å²) in [6, 6.07) is 11.2. The Labute approximate surface area is 210 Å². The largest absolute Gasteiger partial charge is 0.309 e. The molecular formula is C24H21ClN10O. The highest BCUT2D eigenvalue weighted by Gasteiger charge is 2.31. The highest BCUT2D eigenvalue weighted by Crippen LogP contribution is 2.34. The third-order valence-corrected chi connectivity index (χ3v) is 6.50. The van der Waals surface area contributed by atoms with Crippen LogP contribution in [0.5, 0.6) is 0 Å². The summed E-state index contributed by atoms with van der Waals surface area (Å²) in [7, 11) is 3.60. The zero-order valence-corrected chi connectivity index (χ0v) is 20.3. The number of hydrogen-bond donors (Lipinski definition) is 1. The van der Waals surface area contributed by atoms with Gasteiger partial charge in [-0.15, -0.1) is 10.2 Å². The van der Waals surface area contributed by atoms with Gasteiger partial charge < -0.3 is 10.2 Å². The Morgan fingerprint density at radius 1 is 1.08 bits per heavy atom. The van der Waals surface area contributed by atoms with E-state index in [1.165, 1.54) is 0 Å². The lowest BCUT2D eigenvalue weighted by atomic mass is 9.98. The van der Waals surface area contributed by atoms with Gasteiger partial charge in [0.05, 0.1) is 16.9 Å². The van der Waals surface area contributed by atoms with Crippen LogP contribution in [0.2, 0.25) is 5.02 Å². The number of aryl methyl sites for hydroxylation is 1. The van der Waals surface area contributed by atoms with Crippen LogP contribution in [0, 0.1) is 0 Å². The number of halogens is 1. The summed E-state index contributed by atoms with van der Waals surface area (Å²) < 4.78 is 3.63. The topological polar surface area (TPSA) is 119 Å². The fourth-order valence-electron chi connectivity index (χ4n) is 4.38. The van der Waals surface area contributed by atoms with Crippen molar-refractivity contribution in [2.45, 2.75) is 18.8 Å². The van der Waals surface area contributed by atoms with Gasteiger partial charge in [-0.3, -0.25) is 18.9 Å². The quantitative estimate of drug-likeness (QED) is 0.390. The van der Waals surface area contributed by atoms with Crippen molar-refractivity contribution in [2.75, 3.05) is 17.3 Å². The summed E-state index contributed by atoms with van der Waals surface area (Å²) in [5, 5.41) is 16.8. The number of nitrogens with one attached hydrogen (secondary N) is 1. The Bertz CT molecular complexity index is 1590. The number of hydrogen-bond acceptors (Lipinski definition) is 8. The van der Waals surface area contributed by atoms with Gasteiger partial charge in [0.15, 0.2) is 5.65 Å². The number of carbonyl (C=O) groups excluding carboxylic acids is 1. The van der Waals surface area contributed by atoms with E-state index >= 15 is 0 Å². The van der Waals surface area contributed by atoms with Gasteiger partial charge in [0.1, 0.15) is 17.5 Å². The van der Waals surface area contributed by atoms with Crippen LogP contribution >= 0.6 is 11.6 Å². The summed E-state index contributed by atoms with van der Waals surface area (Å²) in [6.45, 7) is 0. The van der Waals surface area contributed by atoms with Gasteiger partial charge in [-0.1, -0.05) is 11.6 Å². The average molecular weight is 501 g/mol. The van der Waals surface area contributed by atoms with Crippen LogP contribution in [-0.4, -0.2) is 52.3 Å². The second-order valence-electron chi connectivity index (χ2n) is 8.61. The summed E-state index contributed by atoms with van der Waals surface area (Å²) in [5.41, 5.74) is 2.95. The Balaban J connectivity index is 1.40. The van der Waals surface area contributed by atoms with Crippen molar-refractivity contribution < 1.29 is 4.79 Å². The first-order valence-corrected chi connectivity index (χ1v) is 11.7. The molecule has 0 aliphatic carbocycles. The molecule has 5 aromatic rings. The van der Waals surface area contributed by atoms with E-state index in [0.29, 0.717) is 34.6 Å². The minimum Gasteiger partial charge on any atom is -0.309 e. The lowest BCUT2D eigenvalue weighted by molar-refractivity contribution is -0.118. The summed E-state index contributed by atoms with van der Waals surface area (Å²) >= 11 is 5.99. The Kier molecular flexibility index (Phi) is 5.33. The molecule has 0 saturated carbocycles. The number of amides is 1. The molecule has 36 heavy (non-hydrogen) atoms. The van der Waals surface area contributed by atoms with Crippen LogP contribution in [0.4, 0.5) is 17.6 Å². The maximum atomic E-state index is 13.2. The van der Waals surface area contributed by atoms with Crippen molar-refractivity contribution in [3.63, 3.8) is 0 Å². The molecule has 11 nitrogen and oxygen atoms in total. The Morgan fingerprint density at radius 2 is 1.97 bits per heavy atom. The fraction of sp³-hybridized carbons (Fsp3) is 0.208. The standard InChI is InChI=1S/C24H21ClN10O/c1-33-21-11-14(18-5-7-26-24(29-18)30-19-6-8-28-34(19)2)10-20-31-32-23(35(20)21)15(12-22(33)36)9-17-4-3-16(25)13-27-17/h3-8,10-11,13,15H,9,12H2,1-2H3,(H,26,29,30)/t15-/m0/s1. The maximum Gasteiger partial charge on any atom is 0.228 e. The molecule has 0 bridgehead atoms. The van der Waals surface area contributed by atoms with E-state index in [1.807, 2.05) is 41.8 Å². The molecule has 0 radical (unpaired) electrons. The van der Waals surface area contributed by atoms with Crippen molar-refractivity contribution in [2.24, 2.45) is 7.05 Å². The van der Waals surface area contributed by atoms with Crippen molar-refractivity contribution in [1.82, 2.24) is 39.3 Å². The van der Waals surface area contributed by atoms with Gasteiger partial charge in [0.2, 0.25) is 11.9 Å². The molecule has 1 aliphatic rings. The maximum absolute atomic E-state index is 13.2. The van der Waals surface area contributed by atoms with E-state index in [1.54, 1.807) is 41.3 Å². The molecule has 0 fully saturated rings. The van der Waals surface area contributed by atoms with Crippen LogP contribution in [-0.2, 0) is 18.3 Å². The predicted octanol–water partition coefficient (Wildman–Crippen LogP) is 3.40. The number of aromatic nitrogens is 8. The van der Waals surface area contributed by atoms with E-state index in [4.69, 9.17) is 11.6 Å². The van der Waals surface area contributed by atoms with Crippen molar-refractivity contribution in [3.05, 3.63) is 71.5 Å².